The highest BCUT2D eigenvalue weighted by atomic mass is 19.1. The molecule has 3 aliphatic heterocycles. The van der Waals surface area contributed by atoms with Gasteiger partial charge in [0.05, 0.1) is 28.5 Å². The number of non-ortho nitro benzene ring substituents is 1. The quantitative estimate of drug-likeness (QED) is 0.308. The lowest BCUT2D eigenvalue weighted by atomic mass is 9.86. The number of rotatable bonds is 4. The van der Waals surface area contributed by atoms with E-state index in [2.05, 4.69) is 5.10 Å². The van der Waals surface area contributed by atoms with Crippen molar-refractivity contribution >= 4 is 35.2 Å². The number of carbonyl (C=O) groups excluding carboxylic acids is 3. The molecule has 0 bridgehead atoms. The first kappa shape index (κ1) is 20.7. The van der Waals surface area contributed by atoms with Crippen molar-refractivity contribution in [1.29, 1.82) is 0 Å². The maximum absolute atomic E-state index is 13.6. The molecule has 0 radical (unpaired) electrons. The summed E-state index contributed by atoms with van der Waals surface area (Å²) in [6.45, 7) is 1.58. The predicted molar refractivity (Wildman–Crippen MR) is 115 cm³/mol. The van der Waals surface area contributed by atoms with Crippen LogP contribution in [0.5, 0.6) is 0 Å². The van der Waals surface area contributed by atoms with E-state index in [-0.39, 0.29) is 16.9 Å². The standard InChI is InChI=1S/C23H17FN4O5/c1-12-11-15(28(32)33)8-9-16(12)26-22(30)18-17-3-2-10-25-27(17)20(19(18)23(26)31)21(29)13-4-6-14(24)7-5-13/h2-11,17-20H,1H3/t17-,18+,19+,20-/m1/s1. The summed E-state index contributed by atoms with van der Waals surface area (Å²) in [6, 6.07) is 7.23. The van der Waals surface area contributed by atoms with E-state index >= 15 is 0 Å². The van der Waals surface area contributed by atoms with Gasteiger partial charge in [-0.25, -0.2) is 9.29 Å². The summed E-state index contributed by atoms with van der Waals surface area (Å²) in [5, 5.41) is 16.8. The zero-order valence-corrected chi connectivity index (χ0v) is 17.3. The molecule has 5 rings (SSSR count). The molecule has 3 aliphatic rings. The Kier molecular flexibility index (Phi) is 4.66. The molecule has 9 nitrogen and oxygen atoms in total. The van der Waals surface area contributed by atoms with Gasteiger partial charge in [0.1, 0.15) is 11.9 Å². The number of halogens is 1. The van der Waals surface area contributed by atoms with Gasteiger partial charge in [-0.3, -0.25) is 29.5 Å². The van der Waals surface area contributed by atoms with Crippen LogP contribution >= 0.6 is 0 Å². The Labute approximate surface area is 186 Å². The lowest BCUT2D eigenvalue weighted by molar-refractivity contribution is -0.384. The van der Waals surface area contributed by atoms with Crippen LogP contribution in [0.15, 0.2) is 59.7 Å². The van der Waals surface area contributed by atoms with Gasteiger partial charge in [0.25, 0.3) is 5.69 Å². The third-order valence-corrected chi connectivity index (χ3v) is 6.32. The van der Waals surface area contributed by atoms with Gasteiger partial charge in [-0.1, -0.05) is 6.08 Å². The number of ketones is 1. The van der Waals surface area contributed by atoms with Crippen LogP contribution in [-0.2, 0) is 9.59 Å². The van der Waals surface area contributed by atoms with Gasteiger partial charge in [0.15, 0.2) is 5.78 Å². The van der Waals surface area contributed by atoms with Crippen molar-refractivity contribution < 1.29 is 23.7 Å². The normalized spacial score (nSPS) is 25.4. The summed E-state index contributed by atoms with van der Waals surface area (Å²) >= 11 is 0. The number of benzene rings is 2. The maximum atomic E-state index is 13.6. The van der Waals surface area contributed by atoms with Crippen LogP contribution in [0.1, 0.15) is 15.9 Å². The fourth-order valence-electron chi connectivity index (χ4n) is 4.86. The van der Waals surface area contributed by atoms with E-state index in [0.29, 0.717) is 5.56 Å². The van der Waals surface area contributed by atoms with Crippen molar-refractivity contribution in [2.24, 2.45) is 16.9 Å². The monoisotopic (exact) mass is 448 g/mol. The minimum atomic E-state index is -1.05. The zero-order chi connectivity index (χ0) is 23.4. The summed E-state index contributed by atoms with van der Waals surface area (Å²) in [7, 11) is 0. The molecule has 33 heavy (non-hydrogen) atoms. The largest absolute Gasteiger partial charge is 0.292 e. The Bertz CT molecular complexity index is 1270. The Morgan fingerprint density at radius 1 is 1.09 bits per heavy atom. The van der Waals surface area contributed by atoms with Crippen LogP contribution in [0.3, 0.4) is 0 Å². The Balaban J connectivity index is 1.57. The second-order valence-corrected chi connectivity index (χ2v) is 8.13. The second kappa shape index (κ2) is 7.44. The van der Waals surface area contributed by atoms with Crippen molar-refractivity contribution in [2.75, 3.05) is 4.90 Å². The maximum Gasteiger partial charge on any atom is 0.269 e. The molecule has 3 heterocycles. The van der Waals surface area contributed by atoms with E-state index in [1.807, 2.05) is 0 Å². The molecule has 10 heteroatoms. The number of nitro groups is 1. The van der Waals surface area contributed by atoms with E-state index in [1.54, 1.807) is 19.1 Å². The number of nitrogens with zero attached hydrogens (tertiary/aromatic N) is 4. The van der Waals surface area contributed by atoms with Crippen molar-refractivity contribution in [1.82, 2.24) is 5.01 Å². The number of imide groups is 1. The SMILES string of the molecule is Cc1cc([N+](=O)[O-])ccc1N1C(=O)[C@@H]2[C@H](C1=O)[C@H](C(=O)c1ccc(F)cc1)N1N=CC=C[C@H]21. The molecular formula is C23H17FN4O5. The summed E-state index contributed by atoms with van der Waals surface area (Å²) in [4.78, 5) is 52.0. The lowest BCUT2D eigenvalue weighted by Gasteiger charge is -2.30. The molecule has 166 valence electrons. The number of fused-ring (bicyclic) bond motifs is 3. The fourth-order valence-corrected chi connectivity index (χ4v) is 4.86. The van der Waals surface area contributed by atoms with Crippen molar-refractivity contribution in [3.63, 3.8) is 0 Å². The molecule has 0 aliphatic carbocycles. The number of hydrogen-bond acceptors (Lipinski definition) is 7. The molecule has 0 saturated carbocycles. The third-order valence-electron chi connectivity index (χ3n) is 6.32. The first-order valence-corrected chi connectivity index (χ1v) is 10.2. The van der Waals surface area contributed by atoms with Crippen molar-refractivity contribution in [3.05, 3.63) is 81.7 Å². The first-order valence-electron chi connectivity index (χ1n) is 10.2. The second-order valence-electron chi connectivity index (χ2n) is 8.13. The van der Waals surface area contributed by atoms with Gasteiger partial charge in [-0.2, -0.15) is 5.10 Å². The van der Waals surface area contributed by atoms with Crippen LogP contribution in [-0.4, -0.2) is 45.8 Å². The molecular weight excluding hydrogens is 431 g/mol. The minimum Gasteiger partial charge on any atom is -0.292 e. The molecule has 2 fully saturated rings. The van der Waals surface area contributed by atoms with Crippen LogP contribution in [0.4, 0.5) is 15.8 Å². The average Bonchev–Trinajstić information content (AvgIpc) is 3.27. The number of hydrogen-bond donors (Lipinski definition) is 0. The molecule has 2 amide bonds. The van der Waals surface area contributed by atoms with Gasteiger partial charge in [0.2, 0.25) is 11.8 Å². The van der Waals surface area contributed by atoms with Crippen molar-refractivity contribution in [2.45, 2.75) is 19.0 Å². The van der Waals surface area contributed by atoms with E-state index in [4.69, 9.17) is 0 Å². The zero-order valence-electron chi connectivity index (χ0n) is 17.3. The number of hydrazone groups is 1. The van der Waals surface area contributed by atoms with E-state index < -0.39 is 52.3 Å². The number of Topliss-reactive ketones (excluding diaryl/α,β-unsaturated/α-hetero) is 1. The van der Waals surface area contributed by atoms with Gasteiger partial charge < -0.3 is 0 Å². The number of anilines is 1. The number of carbonyl (C=O) groups is 3. The summed E-state index contributed by atoms with van der Waals surface area (Å²) in [6.07, 6.45) is 4.86. The Morgan fingerprint density at radius 2 is 1.79 bits per heavy atom. The Hall–Kier alpha value is -4.21. The van der Waals surface area contributed by atoms with Crippen LogP contribution in [0.25, 0.3) is 0 Å². The van der Waals surface area contributed by atoms with Crippen molar-refractivity contribution in [3.8, 4) is 0 Å². The van der Waals surface area contributed by atoms with Crippen LogP contribution < -0.4 is 4.90 Å². The molecule has 2 saturated heterocycles. The molecule has 4 atom stereocenters. The van der Waals surface area contributed by atoms with Crippen LogP contribution in [0.2, 0.25) is 0 Å². The van der Waals surface area contributed by atoms with Gasteiger partial charge in [-0.15, -0.1) is 0 Å². The van der Waals surface area contributed by atoms with E-state index in [9.17, 15) is 28.9 Å². The molecule has 2 aromatic carbocycles. The number of amides is 2. The number of aryl methyl sites for hydroxylation is 1. The summed E-state index contributed by atoms with van der Waals surface area (Å²) < 4.78 is 13.4. The topological polar surface area (TPSA) is 113 Å². The molecule has 0 aromatic heterocycles. The minimum absolute atomic E-state index is 0.157. The molecule has 0 N–H and O–H groups in total. The highest BCUT2D eigenvalue weighted by Gasteiger charge is 2.64. The molecule has 2 aromatic rings. The average molecular weight is 448 g/mol. The smallest absolute Gasteiger partial charge is 0.269 e. The van der Waals surface area contributed by atoms with Gasteiger partial charge in [-0.05, 0) is 48.9 Å². The first-order chi connectivity index (χ1) is 15.8. The highest BCUT2D eigenvalue weighted by Crippen LogP contribution is 2.46. The molecule has 0 spiro atoms. The molecule has 0 unspecified atom stereocenters. The predicted octanol–water partition coefficient (Wildman–Crippen LogP) is 2.64. The number of allylic oxidation sites excluding steroid dienone is 1. The lowest BCUT2D eigenvalue weighted by Crippen LogP contribution is -2.46. The van der Waals surface area contributed by atoms with E-state index in [1.165, 1.54) is 41.6 Å². The Morgan fingerprint density at radius 3 is 2.45 bits per heavy atom. The number of nitro benzene ring substituents is 1. The van der Waals surface area contributed by atoms with Gasteiger partial charge >= 0.3 is 0 Å². The summed E-state index contributed by atoms with van der Waals surface area (Å²) in [5.74, 6) is -3.86. The van der Waals surface area contributed by atoms with Gasteiger partial charge in [0, 0.05) is 23.9 Å². The highest BCUT2D eigenvalue weighted by molar-refractivity contribution is 6.25. The fraction of sp³-hybridized carbons (Fsp3) is 0.217. The van der Waals surface area contributed by atoms with E-state index in [0.717, 1.165) is 17.0 Å². The third kappa shape index (κ3) is 3.05. The van der Waals surface area contributed by atoms with Crippen LogP contribution in [0, 0.1) is 34.7 Å². The summed E-state index contributed by atoms with van der Waals surface area (Å²) in [5.41, 5.74) is 0.681.